The summed E-state index contributed by atoms with van der Waals surface area (Å²) >= 11 is 0. The summed E-state index contributed by atoms with van der Waals surface area (Å²) in [6.07, 6.45) is 9.22. The molecule has 0 amide bonds. The second-order valence-corrected chi connectivity index (χ2v) is 6.77. The lowest BCUT2D eigenvalue weighted by molar-refractivity contribution is 0.124. The molecule has 1 N–H and O–H groups in total. The van der Waals surface area contributed by atoms with E-state index in [-0.39, 0.29) is 5.41 Å². The molecule has 0 aromatic carbocycles. The first kappa shape index (κ1) is 11.4. The summed E-state index contributed by atoms with van der Waals surface area (Å²) in [7, 11) is -3.83. The van der Waals surface area contributed by atoms with Crippen molar-refractivity contribution in [2.75, 3.05) is 0 Å². The van der Waals surface area contributed by atoms with Gasteiger partial charge in [0.2, 0.25) is 0 Å². The Morgan fingerprint density at radius 1 is 0.933 bits per heavy atom. The van der Waals surface area contributed by atoms with Crippen LogP contribution in [0.1, 0.15) is 57.8 Å². The van der Waals surface area contributed by atoms with E-state index in [0.29, 0.717) is 6.42 Å². The molecule has 1 atom stereocenters. The van der Waals surface area contributed by atoms with E-state index >= 15 is 0 Å². The van der Waals surface area contributed by atoms with E-state index in [9.17, 15) is 13.0 Å². The molecule has 2 fully saturated rings. The molecule has 88 valence electrons. The molecule has 0 aromatic heterocycles. The molecule has 0 aliphatic heterocycles. The Hall–Kier alpha value is -0.0900. The quantitative estimate of drug-likeness (QED) is 0.707. The van der Waals surface area contributed by atoms with E-state index in [1.165, 1.54) is 6.42 Å². The van der Waals surface area contributed by atoms with Crippen molar-refractivity contribution in [2.24, 2.45) is 5.41 Å². The first-order valence-electron chi connectivity index (χ1n) is 6.01. The second-order valence-electron chi connectivity index (χ2n) is 5.17. The largest absolute Gasteiger partial charge is 0.285 e. The lowest BCUT2D eigenvalue weighted by Crippen LogP contribution is -2.44. The number of hydrogen-bond acceptors (Lipinski definition) is 2. The van der Waals surface area contributed by atoms with Crippen molar-refractivity contribution < 1.29 is 13.0 Å². The van der Waals surface area contributed by atoms with Gasteiger partial charge in [-0.1, -0.05) is 32.1 Å². The summed E-state index contributed by atoms with van der Waals surface area (Å²) in [6.45, 7) is 0. The van der Waals surface area contributed by atoms with Gasteiger partial charge in [-0.15, -0.1) is 0 Å². The SMILES string of the molecule is O=S(=O)(O)C1CCCCC12CCCCC2. The highest BCUT2D eigenvalue weighted by Gasteiger charge is 2.47. The van der Waals surface area contributed by atoms with Crippen LogP contribution in [-0.4, -0.2) is 18.2 Å². The van der Waals surface area contributed by atoms with Gasteiger partial charge in [0.15, 0.2) is 0 Å². The standard InChI is InChI=1S/C11H20O3S/c12-15(13,14)10-6-2-5-9-11(10)7-3-1-4-8-11/h10H,1-9H2,(H,12,13,14). The van der Waals surface area contributed by atoms with Crippen LogP contribution in [0, 0.1) is 5.41 Å². The van der Waals surface area contributed by atoms with Crippen molar-refractivity contribution in [1.82, 2.24) is 0 Å². The molecule has 2 aliphatic carbocycles. The van der Waals surface area contributed by atoms with Crippen molar-refractivity contribution in [3.05, 3.63) is 0 Å². The average molecular weight is 232 g/mol. The van der Waals surface area contributed by atoms with Gasteiger partial charge in [-0.25, -0.2) is 0 Å². The van der Waals surface area contributed by atoms with Gasteiger partial charge >= 0.3 is 0 Å². The molecule has 0 bridgehead atoms. The minimum atomic E-state index is -3.83. The maximum Gasteiger partial charge on any atom is 0.268 e. The van der Waals surface area contributed by atoms with Crippen LogP contribution >= 0.6 is 0 Å². The fraction of sp³-hybridized carbons (Fsp3) is 1.00. The third kappa shape index (κ3) is 2.21. The summed E-state index contributed by atoms with van der Waals surface area (Å²) in [5, 5.41) is -0.473. The Bertz CT molecular complexity index is 306. The smallest absolute Gasteiger partial charge is 0.268 e. The normalized spacial score (nSPS) is 31.7. The van der Waals surface area contributed by atoms with E-state index in [1.54, 1.807) is 0 Å². The summed E-state index contributed by atoms with van der Waals surface area (Å²) in [4.78, 5) is 0. The summed E-state index contributed by atoms with van der Waals surface area (Å²) in [5.74, 6) is 0. The van der Waals surface area contributed by atoms with Gasteiger partial charge < -0.3 is 0 Å². The van der Waals surface area contributed by atoms with E-state index in [1.807, 2.05) is 0 Å². The van der Waals surface area contributed by atoms with Gasteiger partial charge in [-0.05, 0) is 31.1 Å². The predicted octanol–water partition coefficient (Wildman–Crippen LogP) is 2.77. The van der Waals surface area contributed by atoms with Crippen LogP contribution in [0.3, 0.4) is 0 Å². The fourth-order valence-corrected chi connectivity index (χ4v) is 5.02. The minimum Gasteiger partial charge on any atom is -0.285 e. The number of rotatable bonds is 1. The average Bonchev–Trinajstić information content (AvgIpc) is 2.18. The third-order valence-corrected chi connectivity index (χ3v) is 5.74. The van der Waals surface area contributed by atoms with Gasteiger partial charge in [0.05, 0.1) is 5.25 Å². The molecule has 1 unspecified atom stereocenters. The summed E-state index contributed by atoms with van der Waals surface area (Å²) in [6, 6.07) is 0. The zero-order valence-corrected chi connectivity index (χ0v) is 9.93. The molecule has 1 spiro atoms. The molecule has 3 nitrogen and oxygen atoms in total. The fourth-order valence-electron chi connectivity index (χ4n) is 3.57. The summed E-state index contributed by atoms with van der Waals surface area (Å²) < 4.78 is 32.2. The molecule has 4 heteroatoms. The Labute approximate surface area is 92.0 Å². The van der Waals surface area contributed by atoms with Crippen molar-refractivity contribution in [3.63, 3.8) is 0 Å². The van der Waals surface area contributed by atoms with E-state index in [0.717, 1.165) is 44.9 Å². The molecule has 0 radical (unpaired) electrons. The van der Waals surface area contributed by atoms with Crippen molar-refractivity contribution in [1.29, 1.82) is 0 Å². The molecule has 0 saturated heterocycles. The number of hydrogen-bond donors (Lipinski definition) is 1. The van der Waals surface area contributed by atoms with E-state index in [4.69, 9.17) is 0 Å². The van der Waals surface area contributed by atoms with Crippen LogP contribution in [0.25, 0.3) is 0 Å². The summed E-state index contributed by atoms with van der Waals surface area (Å²) in [5.41, 5.74) is -0.0793. The highest BCUT2D eigenvalue weighted by Crippen LogP contribution is 2.49. The van der Waals surface area contributed by atoms with Crippen LogP contribution in [0.4, 0.5) is 0 Å². The zero-order chi connectivity index (χ0) is 10.9. The van der Waals surface area contributed by atoms with Crippen molar-refractivity contribution >= 4 is 10.1 Å². The minimum absolute atomic E-state index is 0.0793. The molecule has 2 aliphatic rings. The van der Waals surface area contributed by atoms with Crippen LogP contribution in [0.2, 0.25) is 0 Å². The van der Waals surface area contributed by atoms with Crippen LogP contribution in [-0.2, 0) is 10.1 Å². The van der Waals surface area contributed by atoms with Crippen LogP contribution in [0.5, 0.6) is 0 Å². The van der Waals surface area contributed by atoms with Crippen molar-refractivity contribution in [2.45, 2.75) is 63.0 Å². The highest BCUT2D eigenvalue weighted by molar-refractivity contribution is 7.86. The van der Waals surface area contributed by atoms with Gasteiger partial charge in [0.1, 0.15) is 0 Å². The van der Waals surface area contributed by atoms with Crippen LogP contribution in [0.15, 0.2) is 0 Å². The second kappa shape index (κ2) is 4.06. The molecular weight excluding hydrogens is 212 g/mol. The van der Waals surface area contributed by atoms with Gasteiger partial charge in [0.25, 0.3) is 10.1 Å². The Balaban J connectivity index is 2.25. The van der Waals surface area contributed by atoms with E-state index in [2.05, 4.69) is 0 Å². The maximum atomic E-state index is 11.4. The van der Waals surface area contributed by atoms with Gasteiger partial charge in [-0.2, -0.15) is 8.42 Å². The van der Waals surface area contributed by atoms with E-state index < -0.39 is 15.4 Å². The lowest BCUT2D eigenvalue weighted by Gasteiger charge is -2.45. The molecule has 2 rings (SSSR count). The zero-order valence-electron chi connectivity index (χ0n) is 9.11. The monoisotopic (exact) mass is 232 g/mol. The Morgan fingerprint density at radius 3 is 2.00 bits per heavy atom. The Kier molecular flexibility index (Phi) is 3.08. The molecular formula is C11H20O3S. The third-order valence-electron chi connectivity index (χ3n) is 4.28. The lowest BCUT2D eigenvalue weighted by atomic mass is 9.65. The molecule has 0 aromatic rings. The first-order valence-corrected chi connectivity index (χ1v) is 7.51. The van der Waals surface area contributed by atoms with Gasteiger partial charge in [0, 0.05) is 0 Å². The highest BCUT2D eigenvalue weighted by atomic mass is 32.2. The topological polar surface area (TPSA) is 54.4 Å². The maximum absolute atomic E-state index is 11.4. The van der Waals surface area contributed by atoms with Crippen LogP contribution < -0.4 is 0 Å². The molecule has 0 heterocycles. The molecule has 15 heavy (non-hydrogen) atoms. The Morgan fingerprint density at radius 2 is 1.47 bits per heavy atom. The van der Waals surface area contributed by atoms with Crippen molar-refractivity contribution in [3.8, 4) is 0 Å². The first-order chi connectivity index (χ1) is 7.05. The predicted molar refractivity (Wildman–Crippen MR) is 59.3 cm³/mol. The van der Waals surface area contributed by atoms with Gasteiger partial charge in [-0.3, -0.25) is 4.55 Å². The molecule has 2 saturated carbocycles.